The van der Waals surface area contributed by atoms with E-state index in [1.54, 1.807) is 18.3 Å². The SMILES string of the molecule is O=C(Nc1ncn(Cc2ccc(F)cc2Cl)n1)c1ccn(COc2ccc(-c3ccccc3)cc2)n1. The number of rotatable bonds is 8. The molecular formula is C26H20ClFN6O2. The Kier molecular flexibility index (Phi) is 6.72. The summed E-state index contributed by atoms with van der Waals surface area (Å²) in [7, 11) is 0. The number of nitrogens with zero attached hydrogens (tertiary/aromatic N) is 5. The van der Waals surface area contributed by atoms with Crippen molar-refractivity contribution < 1.29 is 13.9 Å². The number of hydrogen-bond acceptors (Lipinski definition) is 5. The van der Waals surface area contributed by atoms with E-state index >= 15 is 0 Å². The molecule has 5 rings (SSSR count). The minimum atomic E-state index is -0.460. The maximum absolute atomic E-state index is 13.2. The van der Waals surface area contributed by atoms with Crippen molar-refractivity contribution >= 4 is 23.5 Å². The Morgan fingerprint density at radius 3 is 2.50 bits per heavy atom. The molecule has 0 fully saturated rings. The summed E-state index contributed by atoms with van der Waals surface area (Å²) in [5.41, 5.74) is 3.09. The third-order valence-corrected chi connectivity index (χ3v) is 5.66. The van der Waals surface area contributed by atoms with Crippen molar-refractivity contribution in [2.24, 2.45) is 0 Å². The van der Waals surface area contributed by atoms with Crippen molar-refractivity contribution in [2.75, 3.05) is 5.32 Å². The third-order valence-electron chi connectivity index (χ3n) is 5.31. The van der Waals surface area contributed by atoms with Gasteiger partial charge in [-0.2, -0.15) is 5.10 Å². The second-order valence-electron chi connectivity index (χ2n) is 7.86. The first-order chi connectivity index (χ1) is 17.5. The third kappa shape index (κ3) is 5.59. The molecule has 8 nitrogen and oxygen atoms in total. The van der Waals surface area contributed by atoms with Gasteiger partial charge >= 0.3 is 0 Å². The van der Waals surface area contributed by atoms with Crippen molar-refractivity contribution in [1.29, 1.82) is 0 Å². The van der Waals surface area contributed by atoms with Gasteiger partial charge in [-0.15, -0.1) is 5.10 Å². The first-order valence-electron chi connectivity index (χ1n) is 11.0. The Hall–Kier alpha value is -4.50. The molecule has 180 valence electrons. The molecule has 0 aliphatic rings. The molecule has 0 bridgehead atoms. The maximum atomic E-state index is 13.2. The van der Waals surface area contributed by atoms with Gasteiger partial charge in [0.05, 0.1) is 6.54 Å². The molecule has 3 aromatic carbocycles. The Balaban J connectivity index is 1.15. The Bertz CT molecular complexity index is 1480. The van der Waals surface area contributed by atoms with Crippen molar-refractivity contribution in [1.82, 2.24) is 24.5 Å². The van der Waals surface area contributed by atoms with E-state index in [1.807, 2.05) is 54.6 Å². The molecule has 1 amide bonds. The predicted octanol–water partition coefficient (Wildman–Crippen LogP) is 5.27. The lowest BCUT2D eigenvalue weighted by molar-refractivity contribution is 0.101. The van der Waals surface area contributed by atoms with Crippen LogP contribution in [0.25, 0.3) is 11.1 Å². The minimum absolute atomic E-state index is 0.113. The highest BCUT2D eigenvalue weighted by Gasteiger charge is 2.13. The smallest absolute Gasteiger partial charge is 0.278 e. The number of halogens is 2. The van der Waals surface area contributed by atoms with E-state index in [0.29, 0.717) is 11.3 Å². The highest BCUT2D eigenvalue weighted by molar-refractivity contribution is 6.31. The fraction of sp³-hybridized carbons (Fsp3) is 0.0769. The van der Waals surface area contributed by atoms with Crippen LogP contribution in [0, 0.1) is 5.82 Å². The lowest BCUT2D eigenvalue weighted by Gasteiger charge is -2.07. The summed E-state index contributed by atoms with van der Waals surface area (Å²) in [6.45, 7) is 0.420. The Labute approximate surface area is 210 Å². The normalized spacial score (nSPS) is 10.8. The van der Waals surface area contributed by atoms with Crippen LogP contribution in [0.15, 0.2) is 91.4 Å². The monoisotopic (exact) mass is 502 g/mol. The molecule has 2 heterocycles. The van der Waals surface area contributed by atoms with E-state index in [4.69, 9.17) is 16.3 Å². The summed E-state index contributed by atoms with van der Waals surface area (Å²) < 4.78 is 22.0. The van der Waals surface area contributed by atoms with Gasteiger partial charge in [0.1, 0.15) is 17.9 Å². The van der Waals surface area contributed by atoms with Crippen LogP contribution in [-0.4, -0.2) is 30.5 Å². The van der Waals surface area contributed by atoms with Crippen LogP contribution in [0.2, 0.25) is 5.02 Å². The largest absolute Gasteiger partial charge is 0.471 e. The number of carbonyl (C=O) groups is 1. The first kappa shape index (κ1) is 23.3. The fourth-order valence-electron chi connectivity index (χ4n) is 3.49. The second kappa shape index (κ2) is 10.4. The summed E-state index contributed by atoms with van der Waals surface area (Å²) in [5, 5.41) is 11.3. The molecule has 1 N–H and O–H groups in total. The van der Waals surface area contributed by atoms with Gasteiger partial charge in [0.2, 0.25) is 5.95 Å². The fourth-order valence-corrected chi connectivity index (χ4v) is 3.71. The van der Waals surface area contributed by atoms with Crippen LogP contribution in [-0.2, 0) is 13.3 Å². The minimum Gasteiger partial charge on any atom is -0.471 e. The molecule has 0 unspecified atom stereocenters. The van der Waals surface area contributed by atoms with E-state index < -0.39 is 11.7 Å². The molecular weight excluding hydrogens is 483 g/mol. The number of anilines is 1. The molecule has 0 aliphatic carbocycles. The maximum Gasteiger partial charge on any atom is 0.278 e. The van der Waals surface area contributed by atoms with Crippen molar-refractivity contribution in [3.63, 3.8) is 0 Å². The first-order valence-corrected chi connectivity index (χ1v) is 11.4. The number of carbonyl (C=O) groups excluding carboxylic acids is 1. The summed E-state index contributed by atoms with van der Waals surface area (Å²) in [5.74, 6) is -0.0747. The van der Waals surface area contributed by atoms with Crippen LogP contribution in [0.4, 0.5) is 10.3 Å². The Morgan fingerprint density at radius 1 is 0.944 bits per heavy atom. The Morgan fingerprint density at radius 2 is 1.72 bits per heavy atom. The molecule has 0 saturated heterocycles. The number of hydrogen-bond donors (Lipinski definition) is 1. The van der Waals surface area contributed by atoms with Gasteiger partial charge in [-0.1, -0.05) is 60.1 Å². The molecule has 0 aliphatic heterocycles. The van der Waals surface area contributed by atoms with E-state index in [1.165, 1.54) is 27.8 Å². The number of ether oxygens (including phenoxy) is 1. The molecule has 0 radical (unpaired) electrons. The summed E-state index contributed by atoms with van der Waals surface area (Å²) in [6, 6.07) is 23.5. The van der Waals surface area contributed by atoms with Crippen LogP contribution in [0.1, 0.15) is 16.1 Å². The van der Waals surface area contributed by atoms with Gasteiger partial charge in [-0.05, 0) is 47.0 Å². The summed E-state index contributed by atoms with van der Waals surface area (Å²) >= 11 is 6.06. The molecule has 0 saturated carbocycles. The molecule has 36 heavy (non-hydrogen) atoms. The lowest BCUT2D eigenvalue weighted by atomic mass is 10.1. The van der Waals surface area contributed by atoms with Crippen LogP contribution in [0.3, 0.4) is 0 Å². The van der Waals surface area contributed by atoms with Crippen molar-refractivity contribution in [3.8, 4) is 16.9 Å². The zero-order valence-corrected chi connectivity index (χ0v) is 19.6. The molecule has 5 aromatic rings. The van der Waals surface area contributed by atoms with Gasteiger partial charge in [0.25, 0.3) is 5.91 Å². The zero-order valence-electron chi connectivity index (χ0n) is 18.9. The quantitative estimate of drug-likeness (QED) is 0.312. The van der Waals surface area contributed by atoms with Crippen LogP contribution in [0.5, 0.6) is 5.75 Å². The van der Waals surface area contributed by atoms with E-state index in [9.17, 15) is 9.18 Å². The van der Waals surface area contributed by atoms with Gasteiger partial charge in [-0.3, -0.25) is 10.1 Å². The number of aromatic nitrogens is 5. The van der Waals surface area contributed by atoms with Gasteiger partial charge in [-0.25, -0.2) is 18.7 Å². The van der Waals surface area contributed by atoms with E-state index in [0.717, 1.165) is 11.1 Å². The predicted molar refractivity (Wildman–Crippen MR) is 133 cm³/mol. The van der Waals surface area contributed by atoms with E-state index in [2.05, 4.69) is 20.5 Å². The number of nitrogens with one attached hydrogen (secondary N) is 1. The van der Waals surface area contributed by atoms with E-state index in [-0.39, 0.29) is 29.9 Å². The highest BCUT2D eigenvalue weighted by Crippen LogP contribution is 2.22. The average molecular weight is 503 g/mol. The molecule has 10 heteroatoms. The molecule has 0 atom stereocenters. The highest BCUT2D eigenvalue weighted by atomic mass is 35.5. The van der Waals surface area contributed by atoms with Crippen molar-refractivity contribution in [2.45, 2.75) is 13.3 Å². The molecule has 0 spiro atoms. The van der Waals surface area contributed by atoms with Crippen molar-refractivity contribution in [3.05, 3.63) is 113 Å². The second-order valence-corrected chi connectivity index (χ2v) is 8.27. The number of amides is 1. The average Bonchev–Trinajstić information content (AvgIpc) is 3.55. The summed E-state index contributed by atoms with van der Waals surface area (Å²) in [6.07, 6.45) is 3.10. The zero-order chi connectivity index (χ0) is 24.9. The van der Waals surface area contributed by atoms with Gasteiger partial charge in [0, 0.05) is 11.2 Å². The van der Waals surface area contributed by atoms with Crippen LogP contribution < -0.4 is 10.1 Å². The lowest BCUT2D eigenvalue weighted by Crippen LogP contribution is -2.15. The number of benzene rings is 3. The molecule has 2 aromatic heterocycles. The topological polar surface area (TPSA) is 86.9 Å². The van der Waals surface area contributed by atoms with Gasteiger partial charge in [0.15, 0.2) is 12.4 Å². The summed E-state index contributed by atoms with van der Waals surface area (Å²) in [4.78, 5) is 16.6. The standard InChI is InChI=1S/C26H20ClFN6O2/c27-23-14-21(28)9-6-20(23)15-34-16-29-26(32-34)30-25(35)24-12-13-33(31-24)17-36-22-10-7-19(8-11-22)18-4-2-1-3-5-18/h1-14,16H,15,17H2,(H,30,32,35). The van der Waals surface area contributed by atoms with Crippen LogP contribution >= 0.6 is 11.6 Å². The van der Waals surface area contributed by atoms with Gasteiger partial charge < -0.3 is 4.74 Å².